The molecule has 2 aromatic carbocycles. The molecule has 28 heavy (non-hydrogen) atoms. The van der Waals surface area contributed by atoms with Crippen molar-refractivity contribution in [2.75, 3.05) is 46.6 Å². The summed E-state index contributed by atoms with van der Waals surface area (Å²) in [5.41, 5.74) is 2.38. The lowest BCUT2D eigenvalue weighted by molar-refractivity contribution is 0.0161. The predicted octanol–water partition coefficient (Wildman–Crippen LogP) is 2.87. The molecule has 1 aliphatic heterocycles. The van der Waals surface area contributed by atoms with Crippen molar-refractivity contribution in [3.63, 3.8) is 0 Å². The van der Waals surface area contributed by atoms with E-state index in [2.05, 4.69) is 34.3 Å². The number of nitrogens with one attached hydrogen (secondary N) is 1. The predicted molar refractivity (Wildman–Crippen MR) is 111 cm³/mol. The molecule has 5 heteroatoms. The summed E-state index contributed by atoms with van der Waals surface area (Å²) in [5.74, 6) is 4.23. The average molecular weight is 380 g/mol. The molecule has 1 saturated heterocycles. The van der Waals surface area contributed by atoms with Crippen LogP contribution in [0.5, 0.6) is 11.5 Å². The molecule has 1 unspecified atom stereocenters. The molecule has 0 saturated carbocycles. The Labute approximate surface area is 167 Å². The van der Waals surface area contributed by atoms with Gasteiger partial charge in [-0.1, -0.05) is 36.3 Å². The number of hydrogen-bond donors (Lipinski definition) is 1. The number of morpholine rings is 1. The number of nitrogens with zero attached hydrogens (tertiary/aromatic N) is 1. The lowest BCUT2D eigenvalue weighted by Crippen LogP contribution is -2.42. The molecule has 148 valence electrons. The normalized spacial score (nSPS) is 15.6. The first-order valence-electron chi connectivity index (χ1n) is 9.62. The molecule has 0 radical (unpaired) electrons. The average Bonchev–Trinajstić information content (AvgIpc) is 2.77. The van der Waals surface area contributed by atoms with E-state index in [9.17, 15) is 0 Å². The molecule has 1 fully saturated rings. The zero-order chi connectivity index (χ0) is 19.6. The second kappa shape index (κ2) is 10.7. The second-order valence-corrected chi connectivity index (χ2v) is 6.67. The van der Waals surface area contributed by atoms with E-state index >= 15 is 0 Å². The van der Waals surface area contributed by atoms with Gasteiger partial charge in [-0.05, 0) is 23.8 Å². The highest BCUT2D eigenvalue weighted by Crippen LogP contribution is 2.24. The van der Waals surface area contributed by atoms with Crippen LogP contribution in [0.1, 0.15) is 17.2 Å². The zero-order valence-electron chi connectivity index (χ0n) is 16.4. The largest absolute Gasteiger partial charge is 0.497 e. The van der Waals surface area contributed by atoms with Crippen LogP contribution in [0.25, 0.3) is 0 Å². The molecule has 0 spiro atoms. The topological polar surface area (TPSA) is 43.0 Å². The van der Waals surface area contributed by atoms with Crippen molar-refractivity contribution in [3.8, 4) is 23.8 Å². The van der Waals surface area contributed by atoms with Crippen LogP contribution < -0.4 is 14.8 Å². The Kier molecular flexibility index (Phi) is 7.74. The van der Waals surface area contributed by atoms with Crippen molar-refractivity contribution in [1.29, 1.82) is 0 Å². The Hall–Kier alpha value is -2.52. The van der Waals surface area contributed by atoms with Crippen molar-refractivity contribution in [2.45, 2.75) is 12.6 Å². The van der Waals surface area contributed by atoms with Gasteiger partial charge in [0.2, 0.25) is 0 Å². The maximum atomic E-state index is 5.65. The van der Waals surface area contributed by atoms with E-state index in [1.54, 1.807) is 7.11 Å². The minimum Gasteiger partial charge on any atom is -0.497 e. The molecule has 0 aliphatic carbocycles. The Morgan fingerprint density at radius 2 is 1.89 bits per heavy atom. The van der Waals surface area contributed by atoms with Crippen LogP contribution in [0.3, 0.4) is 0 Å². The second-order valence-electron chi connectivity index (χ2n) is 6.67. The van der Waals surface area contributed by atoms with Crippen LogP contribution in [0, 0.1) is 12.3 Å². The van der Waals surface area contributed by atoms with Gasteiger partial charge in [-0.15, -0.1) is 6.42 Å². The first-order chi connectivity index (χ1) is 13.8. The number of rotatable bonds is 9. The van der Waals surface area contributed by atoms with E-state index in [-0.39, 0.29) is 12.6 Å². The first kappa shape index (κ1) is 20.2. The summed E-state index contributed by atoms with van der Waals surface area (Å²) in [7, 11) is 1.69. The van der Waals surface area contributed by atoms with Crippen LogP contribution in [-0.4, -0.2) is 51.5 Å². The van der Waals surface area contributed by atoms with Crippen molar-refractivity contribution in [3.05, 3.63) is 59.7 Å². The molecule has 0 bridgehead atoms. The fourth-order valence-corrected chi connectivity index (χ4v) is 3.43. The van der Waals surface area contributed by atoms with Crippen LogP contribution in [0.4, 0.5) is 0 Å². The molecule has 1 aliphatic rings. The number of terminal acetylenes is 1. The fraction of sp³-hybridized carbons (Fsp3) is 0.391. The Balaban J connectivity index is 1.67. The smallest absolute Gasteiger partial charge is 0.148 e. The molecule has 1 N–H and O–H groups in total. The summed E-state index contributed by atoms with van der Waals surface area (Å²) in [6.45, 7) is 5.23. The van der Waals surface area contributed by atoms with Gasteiger partial charge in [0.1, 0.15) is 18.1 Å². The highest BCUT2D eigenvalue weighted by Gasteiger charge is 2.22. The van der Waals surface area contributed by atoms with E-state index in [1.165, 1.54) is 5.56 Å². The summed E-state index contributed by atoms with van der Waals surface area (Å²) in [5, 5.41) is 3.60. The standard InChI is InChI=1S/C23H28N2O3/c1-3-14-28-23-7-5-4-6-20(23)17-24-18-22(25-12-15-27-16-13-25)19-8-10-21(26-2)11-9-19/h1,4-11,22,24H,12-18H2,2H3. The zero-order valence-corrected chi connectivity index (χ0v) is 16.4. The Morgan fingerprint density at radius 3 is 2.61 bits per heavy atom. The third-order valence-electron chi connectivity index (χ3n) is 4.92. The first-order valence-corrected chi connectivity index (χ1v) is 9.62. The summed E-state index contributed by atoms with van der Waals surface area (Å²) in [6.07, 6.45) is 5.32. The van der Waals surface area contributed by atoms with Gasteiger partial charge in [-0.3, -0.25) is 4.90 Å². The number of hydrogen-bond acceptors (Lipinski definition) is 5. The number of benzene rings is 2. The molecular weight excluding hydrogens is 352 g/mol. The van der Waals surface area contributed by atoms with Crippen molar-refractivity contribution in [2.24, 2.45) is 0 Å². The maximum Gasteiger partial charge on any atom is 0.148 e. The quantitative estimate of drug-likeness (QED) is 0.678. The van der Waals surface area contributed by atoms with E-state index in [1.807, 2.05) is 30.3 Å². The van der Waals surface area contributed by atoms with Crippen LogP contribution in [0.2, 0.25) is 0 Å². The van der Waals surface area contributed by atoms with Gasteiger partial charge < -0.3 is 19.5 Å². The summed E-state index contributed by atoms with van der Waals surface area (Å²) in [4.78, 5) is 2.47. The minimum absolute atomic E-state index is 0.272. The van der Waals surface area contributed by atoms with Crippen molar-refractivity contribution >= 4 is 0 Å². The SMILES string of the molecule is C#CCOc1ccccc1CNCC(c1ccc(OC)cc1)N1CCOCC1. The fourth-order valence-electron chi connectivity index (χ4n) is 3.43. The van der Waals surface area contributed by atoms with Crippen molar-refractivity contribution in [1.82, 2.24) is 10.2 Å². The molecule has 1 atom stereocenters. The molecular formula is C23H28N2O3. The van der Waals surface area contributed by atoms with Gasteiger partial charge in [-0.2, -0.15) is 0 Å². The van der Waals surface area contributed by atoms with Gasteiger partial charge in [0.25, 0.3) is 0 Å². The van der Waals surface area contributed by atoms with Gasteiger partial charge in [0.05, 0.1) is 20.3 Å². The van der Waals surface area contributed by atoms with Gasteiger partial charge >= 0.3 is 0 Å². The molecule has 5 nitrogen and oxygen atoms in total. The molecule has 0 amide bonds. The van der Waals surface area contributed by atoms with Crippen LogP contribution >= 0.6 is 0 Å². The Morgan fingerprint density at radius 1 is 1.14 bits per heavy atom. The highest BCUT2D eigenvalue weighted by molar-refractivity contribution is 5.34. The third-order valence-corrected chi connectivity index (χ3v) is 4.92. The molecule has 3 rings (SSSR count). The molecule has 1 heterocycles. The maximum absolute atomic E-state index is 5.65. The van der Waals surface area contributed by atoms with Gasteiger partial charge in [0.15, 0.2) is 0 Å². The number of methoxy groups -OCH3 is 1. The lowest BCUT2D eigenvalue weighted by Gasteiger charge is -2.35. The molecule has 2 aromatic rings. The Bertz CT molecular complexity index is 764. The third kappa shape index (κ3) is 5.49. The number of ether oxygens (including phenoxy) is 3. The van der Waals surface area contributed by atoms with Crippen LogP contribution in [0.15, 0.2) is 48.5 Å². The van der Waals surface area contributed by atoms with E-state index in [4.69, 9.17) is 20.6 Å². The summed E-state index contributed by atoms with van der Waals surface area (Å²) in [6, 6.07) is 16.6. The minimum atomic E-state index is 0.272. The molecule has 0 aromatic heterocycles. The van der Waals surface area contributed by atoms with E-state index < -0.39 is 0 Å². The van der Waals surface area contributed by atoms with Gasteiger partial charge in [-0.25, -0.2) is 0 Å². The number of para-hydroxylation sites is 1. The lowest BCUT2D eigenvalue weighted by atomic mass is 10.0. The summed E-state index contributed by atoms with van der Waals surface area (Å²) < 4.78 is 16.5. The van der Waals surface area contributed by atoms with E-state index in [0.29, 0.717) is 0 Å². The van der Waals surface area contributed by atoms with Crippen LogP contribution in [-0.2, 0) is 11.3 Å². The van der Waals surface area contributed by atoms with Gasteiger partial charge in [0, 0.05) is 37.8 Å². The monoisotopic (exact) mass is 380 g/mol. The highest BCUT2D eigenvalue weighted by atomic mass is 16.5. The van der Waals surface area contributed by atoms with E-state index in [0.717, 1.165) is 56.5 Å². The summed E-state index contributed by atoms with van der Waals surface area (Å²) >= 11 is 0. The van der Waals surface area contributed by atoms with Crippen molar-refractivity contribution < 1.29 is 14.2 Å².